The van der Waals surface area contributed by atoms with E-state index in [1.54, 1.807) is 4.90 Å². The van der Waals surface area contributed by atoms with Crippen LogP contribution < -0.4 is 0 Å². The van der Waals surface area contributed by atoms with Crippen molar-refractivity contribution in [3.05, 3.63) is 17.5 Å². The van der Waals surface area contributed by atoms with Gasteiger partial charge in [0.2, 0.25) is 0 Å². The Morgan fingerprint density at radius 2 is 1.92 bits per heavy atom. The standard InChI is InChI=1S/C19H30N2O4/c1-18(2,3)16-12-13(20-25-16)11-15(22)14-9-7-8-10-21(14)17(23)24-19(4,5)6/h12,14H,7-11H2,1-6H3/t14-/m0/s1. The van der Waals surface area contributed by atoms with Gasteiger partial charge < -0.3 is 9.26 Å². The Hall–Kier alpha value is -1.85. The number of ketones is 1. The van der Waals surface area contributed by atoms with Gasteiger partial charge in [-0.1, -0.05) is 25.9 Å². The van der Waals surface area contributed by atoms with Crippen LogP contribution in [0, 0.1) is 0 Å². The first-order valence-electron chi connectivity index (χ1n) is 8.96. The van der Waals surface area contributed by atoms with Crippen LogP contribution in [0.4, 0.5) is 4.79 Å². The van der Waals surface area contributed by atoms with Gasteiger partial charge in [0.1, 0.15) is 11.4 Å². The molecule has 0 aliphatic carbocycles. The van der Waals surface area contributed by atoms with Crippen molar-refractivity contribution in [2.45, 2.75) is 84.3 Å². The number of Topliss-reactive ketones (excluding diaryl/α,β-unsaturated/α-hetero) is 1. The predicted molar refractivity (Wildman–Crippen MR) is 94.5 cm³/mol. The third-order valence-corrected chi connectivity index (χ3v) is 4.16. The highest BCUT2D eigenvalue weighted by Crippen LogP contribution is 2.25. The average Bonchev–Trinajstić information content (AvgIpc) is 2.94. The Morgan fingerprint density at radius 1 is 1.24 bits per heavy atom. The first-order chi connectivity index (χ1) is 11.5. The number of likely N-dealkylation sites (tertiary alicyclic amines) is 1. The van der Waals surface area contributed by atoms with Crippen LogP contribution in [0.1, 0.15) is 72.3 Å². The summed E-state index contributed by atoms with van der Waals surface area (Å²) in [4.78, 5) is 26.8. The van der Waals surface area contributed by atoms with Gasteiger partial charge in [-0.25, -0.2) is 4.79 Å². The van der Waals surface area contributed by atoms with E-state index >= 15 is 0 Å². The number of carbonyl (C=O) groups excluding carboxylic acids is 2. The van der Waals surface area contributed by atoms with Crippen molar-refractivity contribution in [1.29, 1.82) is 0 Å². The highest BCUT2D eigenvalue weighted by atomic mass is 16.6. The van der Waals surface area contributed by atoms with Gasteiger partial charge >= 0.3 is 6.09 Å². The molecular weight excluding hydrogens is 320 g/mol. The molecule has 1 aliphatic heterocycles. The fraction of sp³-hybridized carbons (Fsp3) is 0.737. The molecule has 1 fully saturated rings. The summed E-state index contributed by atoms with van der Waals surface area (Å²) >= 11 is 0. The lowest BCUT2D eigenvalue weighted by molar-refractivity contribution is -0.124. The molecule has 0 saturated carbocycles. The van der Waals surface area contributed by atoms with E-state index in [1.165, 1.54) is 0 Å². The van der Waals surface area contributed by atoms with Crippen LogP contribution in [-0.4, -0.2) is 40.1 Å². The molecule has 0 spiro atoms. The highest BCUT2D eigenvalue weighted by Gasteiger charge is 2.35. The van der Waals surface area contributed by atoms with Gasteiger partial charge in [-0.3, -0.25) is 9.69 Å². The quantitative estimate of drug-likeness (QED) is 0.827. The molecule has 1 aliphatic rings. The van der Waals surface area contributed by atoms with E-state index in [9.17, 15) is 9.59 Å². The lowest BCUT2D eigenvalue weighted by Gasteiger charge is -2.35. The second kappa shape index (κ2) is 7.18. The summed E-state index contributed by atoms with van der Waals surface area (Å²) in [5.41, 5.74) is -0.109. The molecule has 1 aromatic rings. The maximum absolute atomic E-state index is 12.8. The van der Waals surface area contributed by atoms with Crippen molar-refractivity contribution in [2.75, 3.05) is 6.54 Å². The fourth-order valence-electron chi connectivity index (χ4n) is 2.85. The number of amides is 1. The third-order valence-electron chi connectivity index (χ3n) is 4.16. The van der Waals surface area contributed by atoms with E-state index in [0.29, 0.717) is 18.7 Å². The summed E-state index contributed by atoms with van der Waals surface area (Å²) in [6.45, 7) is 12.1. The Bertz CT molecular complexity index is 622. The predicted octanol–water partition coefficient (Wildman–Crippen LogP) is 3.87. The van der Waals surface area contributed by atoms with Crippen LogP contribution in [0.15, 0.2) is 10.6 Å². The van der Waals surface area contributed by atoms with Crippen molar-refractivity contribution >= 4 is 11.9 Å². The van der Waals surface area contributed by atoms with Gasteiger partial charge in [0.15, 0.2) is 5.78 Å². The number of ether oxygens (including phenoxy) is 1. The monoisotopic (exact) mass is 350 g/mol. The molecule has 1 atom stereocenters. The molecule has 2 heterocycles. The SMILES string of the molecule is CC(C)(C)OC(=O)N1CCCC[C@H]1C(=O)Cc1cc(C(C)(C)C)on1. The third kappa shape index (κ3) is 5.31. The van der Waals surface area contributed by atoms with Crippen molar-refractivity contribution in [3.63, 3.8) is 0 Å². The minimum atomic E-state index is -0.574. The number of carbonyl (C=O) groups is 2. The van der Waals surface area contributed by atoms with E-state index in [-0.39, 0.29) is 17.6 Å². The maximum Gasteiger partial charge on any atom is 0.410 e. The molecular formula is C19H30N2O4. The Labute approximate surface area is 149 Å². The van der Waals surface area contributed by atoms with Crippen molar-refractivity contribution in [1.82, 2.24) is 10.1 Å². The van der Waals surface area contributed by atoms with Crippen LogP contribution >= 0.6 is 0 Å². The largest absolute Gasteiger partial charge is 0.444 e. The topological polar surface area (TPSA) is 72.6 Å². The summed E-state index contributed by atoms with van der Waals surface area (Å²) in [6, 6.07) is 1.39. The molecule has 0 unspecified atom stereocenters. The zero-order valence-electron chi connectivity index (χ0n) is 16.2. The molecule has 140 valence electrons. The molecule has 0 N–H and O–H groups in total. The van der Waals surface area contributed by atoms with Crippen LogP contribution in [-0.2, 0) is 21.4 Å². The first kappa shape index (κ1) is 19.5. The second-order valence-electron chi connectivity index (χ2n) is 8.76. The molecule has 6 heteroatoms. The average molecular weight is 350 g/mol. The summed E-state index contributed by atoms with van der Waals surface area (Å²) in [5.74, 6) is 0.738. The first-order valence-corrected chi connectivity index (χ1v) is 8.96. The fourth-order valence-corrected chi connectivity index (χ4v) is 2.85. The number of rotatable bonds is 3. The van der Waals surface area contributed by atoms with Gasteiger partial charge in [0.05, 0.1) is 18.2 Å². The van der Waals surface area contributed by atoms with Crippen molar-refractivity contribution in [3.8, 4) is 0 Å². The lowest BCUT2D eigenvalue weighted by Crippen LogP contribution is -2.50. The summed E-state index contributed by atoms with van der Waals surface area (Å²) < 4.78 is 10.8. The lowest BCUT2D eigenvalue weighted by atomic mass is 9.92. The van der Waals surface area contributed by atoms with Gasteiger partial charge in [-0.05, 0) is 40.0 Å². The second-order valence-corrected chi connectivity index (χ2v) is 8.76. The number of hydrogen-bond acceptors (Lipinski definition) is 5. The van der Waals surface area contributed by atoms with E-state index in [2.05, 4.69) is 5.16 Å². The number of hydrogen-bond donors (Lipinski definition) is 0. The highest BCUT2D eigenvalue weighted by molar-refractivity contribution is 5.89. The Morgan fingerprint density at radius 3 is 2.48 bits per heavy atom. The minimum Gasteiger partial charge on any atom is -0.444 e. The van der Waals surface area contributed by atoms with Crippen LogP contribution in [0.3, 0.4) is 0 Å². The van der Waals surface area contributed by atoms with Gasteiger partial charge in [-0.15, -0.1) is 0 Å². The zero-order chi connectivity index (χ0) is 18.8. The van der Waals surface area contributed by atoms with E-state index in [0.717, 1.165) is 18.6 Å². The molecule has 0 bridgehead atoms. The summed E-state index contributed by atoms with van der Waals surface area (Å²) in [5, 5.41) is 4.02. The molecule has 0 radical (unpaired) electrons. The van der Waals surface area contributed by atoms with Crippen molar-refractivity contribution < 1.29 is 18.8 Å². The Kier molecular flexibility index (Phi) is 5.59. The van der Waals surface area contributed by atoms with Gasteiger partial charge in [0.25, 0.3) is 0 Å². The van der Waals surface area contributed by atoms with E-state index in [1.807, 2.05) is 47.6 Å². The number of aromatic nitrogens is 1. The van der Waals surface area contributed by atoms with Crippen LogP contribution in [0.25, 0.3) is 0 Å². The van der Waals surface area contributed by atoms with Crippen LogP contribution in [0.2, 0.25) is 0 Å². The normalized spacial score (nSPS) is 19.0. The zero-order valence-corrected chi connectivity index (χ0v) is 16.2. The summed E-state index contributed by atoms with van der Waals surface area (Å²) in [7, 11) is 0. The minimum absolute atomic E-state index is 0.0145. The number of nitrogens with zero attached hydrogens (tertiary/aromatic N) is 2. The van der Waals surface area contributed by atoms with E-state index < -0.39 is 17.7 Å². The van der Waals surface area contributed by atoms with Gasteiger partial charge in [-0.2, -0.15) is 0 Å². The van der Waals surface area contributed by atoms with Crippen LogP contribution in [0.5, 0.6) is 0 Å². The van der Waals surface area contributed by atoms with Gasteiger partial charge in [0, 0.05) is 18.0 Å². The smallest absolute Gasteiger partial charge is 0.410 e. The molecule has 1 aromatic heterocycles. The number of piperidine rings is 1. The molecule has 6 nitrogen and oxygen atoms in total. The maximum atomic E-state index is 12.8. The molecule has 0 aromatic carbocycles. The van der Waals surface area contributed by atoms with Crippen molar-refractivity contribution in [2.24, 2.45) is 0 Å². The van der Waals surface area contributed by atoms with E-state index in [4.69, 9.17) is 9.26 Å². The Balaban J connectivity index is 2.07. The molecule has 25 heavy (non-hydrogen) atoms. The summed E-state index contributed by atoms with van der Waals surface area (Å²) in [6.07, 6.45) is 2.25. The molecule has 2 rings (SSSR count). The molecule has 1 amide bonds. The molecule has 1 saturated heterocycles.